The summed E-state index contributed by atoms with van der Waals surface area (Å²) in [5.74, 6) is 0.443. The molecule has 1 aromatic heterocycles. The number of hydrogen-bond acceptors (Lipinski definition) is 5. The van der Waals surface area contributed by atoms with Gasteiger partial charge in [-0.15, -0.1) is 0 Å². The van der Waals surface area contributed by atoms with Crippen LogP contribution in [0.3, 0.4) is 0 Å². The molecule has 0 fully saturated rings. The minimum absolute atomic E-state index is 0.0271. The topological polar surface area (TPSA) is 113 Å². The van der Waals surface area contributed by atoms with Gasteiger partial charge in [0, 0.05) is 41.6 Å². The van der Waals surface area contributed by atoms with Crippen LogP contribution in [0.15, 0.2) is 54.7 Å². The number of carbonyl (C=O) groups is 1. The van der Waals surface area contributed by atoms with Crippen LogP contribution in [0.1, 0.15) is 54.4 Å². The third-order valence-electron chi connectivity index (χ3n) is 4.88. The molecule has 0 saturated carbocycles. The number of aromatic nitrogens is 2. The lowest BCUT2D eigenvalue weighted by Crippen LogP contribution is -2.14. The summed E-state index contributed by atoms with van der Waals surface area (Å²) in [6, 6.07) is 13.4. The van der Waals surface area contributed by atoms with Crippen LogP contribution in [0.5, 0.6) is 0 Å². The first-order valence-corrected chi connectivity index (χ1v) is 9.46. The Morgan fingerprint density at radius 3 is 2.48 bits per heavy atom. The number of hydrogen-bond donors (Lipinski definition) is 2. The first-order chi connectivity index (χ1) is 13.9. The van der Waals surface area contributed by atoms with Gasteiger partial charge in [-0.25, -0.2) is 4.98 Å². The van der Waals surface area contributed by atoms with Crippen LogP contribution in [-0.4, -0.2) is 26.4 Å². The summed E-state index contributed by atoms with van der Waals surface area (Å²) in [5, 5.41) is 19.5. The average Bonchev–Trinajstić information content (AvgIpc) is 3.23. The minimum atomic E-state index is -0.439. The fourth-order valence-electron chi connectivity index (χ4n) is 3.22. The van der Waals surface area contributed by atoms with E-state index < -0.39 is 4.92 Å². The molecule has 7 nitrogen and oxygen atoms in total. The number of nitrogens with one attached hydrogen (secondary N) is 2. The lowest BCUT2D eigenvalue weighted by atomic mass is 9.92. The van der Waals surface area contributed by atoms with Crippen molar-refractivity contribution < 1.29 is 9.72 Å². The van der Waals surface area contributed by atoms with Crippen molar-refractivity contribution in [3.8, 4) is 11.3 Å². The molecule has 0 amide bonds. The van der Waals surface area contributed by atoms with Gasteiger partial charge in [-0.05, 0) is 30.2 Å². The molecular weight excluding hydrogens is 368 g/mol. The number of nitro benzene ring substituents is 1. The van der Waals surface area contributed by atoms with E-state index in [0.29, 0.717) is 41.2 Å². The van der Waals surface area contributed by atoms with Crippen molar-refractivity contribution in [3.05, 3.63) is 81.8 Å². The maximum absolute atomic E-state index is 12.0. The molecule has 2 N–H and O–H groups in total. The van der Waals surface area contributed by atoms with E-state index in [2.05, 4.69) is 9.97 Å². The van der Waals surface area contributed by atoms with Crippen LogP contribution in [0.2, 0.25) is 0 Å². The second-order valence-corrected chi connectivity index (χ2v) is 6.71. The number of ketones is 1. The molecule has 29 heavy (non-hydrogen) atoms. The summed E-state index contributed by atoms with van der Waals surface area (Å²) in [4.78, 5) is 30.1. The van der Waals surface area contributed by atoms with Gasteiger partial charge in [0.2, 0.25) is 0 Å². The second kappa shape index (κ2) is 8.60. The Hall–Kier alpha value is -3.61. The van der Waals surface area contributed by atoms with E-state index in [1.807, 2.05) is 19.9 Å². The molecule has 7 heteroatoms. The lowest BCUT2D eigenvalue weighted by molar-refractivity contribution is -0.384. The maximum Gasteiger partial charge on any atom is 0.269 e. The summed E-state index contributed by atoms with van der Waals surface area (Å²) in [7, 11) is 0. The Labute approximate surface area is 168 Å². The van der Waals surface area contributed by atoms with Gasteiger partial charge >= 0.3 is 0 Å². The highest BCUT2D eigenvalue weighted by molar-refractivity contribution is 6.05. The quantitative estimate of drug-likeness (QED) is 0.240. The highest BCUT2D eigenvalue weighted by Crippen LogP contribution is 2.26. The Kier molecular flexibility index (Phi) is 5.97. The standard InChI is InChI=1S/C22H22N4O3/c1-3-18(21(23)16-7-5-6-15(12-16)20(27)4-2)22-24-13-19(25-22)14-8-10-17(11-9-14)26(28)29/h5-13,18,23H,3-4H2,1-2H3,(H,24,25)/t18-/m0/s1. The molecule has 0 aliphatic heterocycles. The molecule has 1 heterocycles. The largest absolute Gasteiger partial charge is 0.347 e. The SMILES string of the molecule is CCC(=O)c1cccc(C(=N)[C@H](CC)c2nc(-c3ccc([N+](=O)[O-])cc3)c[nH]2)c1. The molecule has 0 aliphatic carbocycles. The van der Waals surface area contributed by atoms with E-state index in [1.165, 1.54) is 12.1 Å². The van der Waals surface area contributed by atoms with E-state index >= 15 is 0 Å². The number of Topliss-reactive ketones (excluding diaryl/α,β-unsaturated/α-hetero) is 1. The Morgan fingerprint density at radius 1 is 1.17 bits per heavy atom. The zero-order chi connectivity index (χ0) is 21.0. The van der Waals surface area contributed by atoms with Crippen molar-refractivity contribution in [3.63, 3.8) is 0 Å². The van der Waals surface area contributed by atoms with Crippen LogP contribution in [0.4, 0.5) is 5.69 Å². The molecule has 3 rings (SSSR count). The van der Waals surface area contributed by atoms with Crippen LogP contribution in [0.25, 0.3) is 11.3 Å². The Bertz CT molecular complexity index is 1050. The summed E-state index contributed by atoms with van der Waals surface area (Å²) in [6.07, 6.45) is 2.83. The predicted molar refractivity (Wildman–Crippen MR) is 112 cm³/mol. The minimum Gasteiger partial charge on any atom is -0.347 e. The number of nitro groups is 1. The van der Waals surface area contributed by atoms with Gasteiger partial charge in [0.05, 0.1) is 16.5 Å². The van der Waals surface area contributed by atoms with Crippen LogP contribution in [0, 0.1) is 15.5 Å². The highest BCUT2D eigenvalue weighted by Gasteiger charge is 2.21. The summed E-state index contributed by atoms with van der Waals surface area (Å²) >= 11 is 0. The number of aromatic amines is 1. The van der Waals surface area contributed by atoms with E-state index in [9.17, 15) is 14.9 Å². The zero-order valence-electron chi connectivity index (χ0n) is 16.3. The fraction of sp³-hybridized carbons (Fsp3) is 0.227. The predicted octanol–water partition coefficient (Wildman–Crippen LogP) is 5.14. The van der Waals surface area contributed by atoms with Gasteiger partial charge < -0.3 is 10.4 Å². The smallest absolute Gasteiger partial charge is 0.269 e. The van der Waals surface area contributed by atoms with Crippen molar-refractivity contribution >= 4 is 17.2 Å². The molecule has 2 aromatic carbocycles. The molecule has 1 atom stereocenters. The fourth-order valence-corrected chi connectivity index (χ4v) is 3.22. The summed E-state index contributed by atoms with van der Waals surface area (Å²) < 4.78 is 0. The molecule has 0 unspecified atom stereocenters. The van der Waals surface area contributed by atoms with Gasteiger partial charge in [0.1, 0.15) is 5.82 Å². The molecular formula is C22H22N4O3. The average molecular weight is 390 g/mol. The number of imidazole rings is 1. The summed E-state index contributed by atoms with van der Waals surface area (Å²) in [6.45, 7) is 3.80. The van der Waals surface area contributed by atoms with Crippen molar-refractivity contribution in [2.45, 2.75) is 32.6 Å². The number of non-ortho nitro benzene ring substituents is 1. The third-order valence-corrected chi connectivity index (χ3v) is 4.88. The molecule has 0 spiro atoms. The van der Waals surface area contributed by atoms with Gasteiger partial charge in [-0.3, -0.25) is 14.9 Å². The number of nitrogens with zero attached hydrogens (tertiary/aromatic N) is 2. The first kappa shape index (κ1) is 20.1. The monoisotopic (exact) mass is 390 g/mol. The van der Waals surface area contributed by atoms with E-state index in [4.69, 9.17) is 5.41 Å². The van der Waals surface area contributed by atoms with E-state index in [0.717, 1.165) is 5.56 Å². The number of rotatable bonds is 8. The molecule has 148 valence electrons. The van der Waals surface area contributed by atoms with Crippen LogP contribution < -0.4 is 0 Å². The normalized spacial score (nSPS) is 11.8. The number of H-pyrrole nitrogens is 1. The number of carbonyl (C=O) groups excluding carboxylic acids is 1. The third kappa shape index (κ3) is 4.29. The van der Waals surface area contributed by atoms with Gasteiger partial charge in [-0.2, -0.15) is 0 Å². The van der Waals surface area contributed by atoms with Crippen molar-refractivity contribution in [2.75, 3.05) is 0 Å². The maximum atomic E-state index is 12.0. The highest BCUT2D eigenvalue weighted by atomic mass is 16.6. The number of benzene rings is 2. The van der Waals surface area contributed by atoms with Gasteiger partial charge in [0.25, 0.3) is 5.69 Å². The van der Waals surface area contributed by atoms with Gasteiger partial charge in [-0.1, -0.05) is 32.0 Å². The first-order valence-electron chi connectivity index (χ1n) is 9.46. The second-order valence-electron chi connectivity index (χ2n) is 6.71. The molecule has 0 saturated heterocycles. The van der Waals surface area contributed by atoms with Crippen LogP contribution >= 0.6 is 0 Å². The molecule has 3 aromatic rings. The van der Waals surface area contributed by atoms with Crippen molar-refractivity contribution in [2.24, 2.45) is 0 Å². The van der Waals surface area contributed by atoms with E-state index in [1.54, 1.807) is 36.5 Å². The zero-order valence-corrected chi connectivity index (χ0v) is 16.3. The van der Waals surface area contributed by atoms with Gasteiger partial charge in [0.15, 0.2) is 5.78 Å². The van der Waals surface area contributed by atoms with E-state index in [-0.39, 0.29) is 17.4 Å². The van der Waals surface area contributed by atoms with Crippen LogP contribution in [-0.2, 0) is 0 Å². The Morgan fingerprint density at radius 2 is 1.86 bits per heavy atom. The van der Waals surface area contributed by atoms with Crippen molar-refractivity contribution in [1.29, 1.82) is 5.41 Å². The molecule has 0 aliphatic rings. The van der Waals surface area contributed by atoms with Crippen molar-refractivity contribution in [1.82, 2.24) is 9.97 Å². The summed E-state index contributed by atoms with van der Waals surface area (Å²) in [5.41, 5.74) is 3.15. The lowest BCUT2D eigenvalue weighted by Gasteiger charge is -2.15. The molecule has 0 radical (unpaired) electrons. The Balaban J connectivity index is 1.86. The molecule has 0 bridgehead atoms.